The molecule has 2 aliphatic carbocycles. The summed E-state index contributed by atoms with van der Waals surface area (Å²) in [5.74, 6) is 1.81. The molecule has 0 N–H and O–H groups in total. The highest BCUT2D eigenvalue weighted by molar-refractivity contribution is 5.78. The molecular formula is C19H20O. The summed E-state index contributed by atoms with van der Waals surface area (Å²) in [4.78, 5) is 0. The maximum absolute atomic E-state index is 5.60. The summed E-state index contributed by atoms with van der Waals surface area (Å²) in [6.45, 7) is 0. The van der Waals surface area contributed by atoms with Crippen molar-refractivity contribution in [3.05, 3.63) is 53.3 Å². The number of fused-ring (bicyclic) bond motifs is 1. The van der Waals surface area contributed by atoms with Gasteiger partial charge in [-0.1, -0.05) is 49.1 Å². The standard InChI is InChI=1S/C19H20O/c1-2-6-14(7-3-1)16-12-15-8-4-9-17(18(15)13-16)19-10-5-11-20-19/h4-5,8-11,13-14H,1-3,6-7,12H2. The number of rotatable bonds is 2. The van der Waals surface area contributed by atoms with Crippen molar-refractivity contribution in [1.29, 1.82) is 0 Å². The first-order valence-electron chi connectivity index (χ1n) is 7.78. The number of furan rings is 1. The summed E-state index contributed by atoms with van der Waals surface area (Å²) in [5.41, 5.74) is 5.76. The van der Waals surface area contributed by atoms with Gasteiger partial charge in [-0.25, -0.2) is 0 Å². The van der Waals surface area contributed by atoms with E-state index in [4.69, 9.17) is 4.42 Å². The summed E-state index contributed by atoms with van der Waals surface area (Å²) in [6, 6.07) is 10.6. The van der Waals surface area contributed by atoms with Gasteiger partial charge in [0.1, 0.15) is 5.76 Å². The average Bonchev–Trinajstić information content (AvgIpc) is 3.17. The van der Waals surface area contributed by atoms with Gasteiger partial charge in [0.15, 0.2) is 0 Å². The van der Waals surface area contributed by atoms with Gasteiger partial charge in [-0.3, -0.25) is 0 Å². The lowest BCUT2D eigenvalue weighted by Gasteiger charge is -2.22. The smallest absolute Gasteiger partial charge is 0.134 e. The van der Waals surface area contributed by atoms with Gasteiger partial charge in [-0.2, -0.15) is 0 Å². The first-order chi connectivity index (χ1) is 9.92. The Kier molecular flexibility index (Phi) is 2.99. The van der Waals surface area contributed by atoms with Crippen LogP contribution in [0.5, 0.6) is 0 Å². The van der Waals surface area contributed by atoms with Gasteiger partial charge in [0.2, 0.25) is 0 Å². The van der Waals surface area contributed by atoms with Gasteiger partial charge in [-0.15, -0.1) is 0 Å². The Morgan fingerprint density at radius 2 is 1.85 bits per heavy atom. The van der Waals surface area contributed by atoms with Crippen molar-refractivity contribution in [3.63, 3.8) is 0 Å². The van der Waals surface area contributed by atoms with E-state index in [0.717, 1.165) is 18.1 Å². The Morgan fingerprint density at radius 1 is 0.950 bits per heavy atom. The molecule has 0 spiro atoms. The molecule has 4 rings (SSSR count). The summed E-state index contributed by atoms with van der Waals surface area (Å²) in [5, 5.41) is 0. The van der Waals surface area contributed by atoms with Crippen molar-refractivity contribution >= 4 is 6.08 Å². The normalized spacial score (nSPS) is 18.9. The molecule has 1 heteroatoms. The fourth-order valence-electron chi connectivity index (χ4n) is 3.78. The second-order valence-electron chi connectivity index (χ2n) is 6.09. The Morgan fingerprint density at radius 3 is 2.65 bits per heavy atom. The fourth-order valence-corrected chi connectivity index (χ4v) is 3.78. The SMILES string of the molecule is C1=C(C2CCCCC2)Cc2cccc(-c3ccco3)c21. The second kappa shape index (κ2) is 4.97. The van der Waals surface area contributed by atoms with Crippen molar-refractivity contribution in [1.82, 2.24) is 0 Å². The van der Waals surface area contributed by atoms with Crippen LogP contribution in [0.15, 0.2) is 46.6 Å². The van der Waals surface area contributed by atoms with E-state index in [9.17, 15) is 0 Å². The topological polar surface area (TPSA) is 13.1 Å². The zero-order valence-corrected chi connectivity index (χ0v) is 11.8. The first-order valence-corrected chi connectivity index (χ1v) is 7.78. The summed E-state index contributed by atoms with van der Waals surface area (Å²) < 4.78 is 5.60. The molecule has 1 heterocycles. The Hall–Kier alpha value is -1.76. The van der Waals surface area contributed by atoms with Gasteiger partial charge >= 0.3 is 0 Å². The molecule has 2 aromatic rings. The number of hydrogen-bond acceptors (Lipinski definition) is 1. The minimum absolute atomic E-state index is 0.820. The molecule has 1 aromatic heterocycles. The van der Waals surface area contributed by atoms with Crippen LogP contribution in [0.2, 0.25) is 0 Å². The van der Waals surface area contributed by atoms with E-state index in [1.165, 1.54) is 48.8 Å². The Bertz CT molecular complexity index is 628. The van der Waals surface area contributed by atoms with E-state index in [2.05, 4.69) is 30.3 Å². The molecule has 20 heavy (non-hydrogen) atoms. The quantitative estimate of drug-likeness (QED) is 0.701. The predicted molar refractivity (Wildman–Crippen MR) is 82.4 cm³/mol. The minimum Gasteiger partial charge on any atom is -0.464 e. The van der Waals surface area contributed by atoms with Crippen LogP contribution in [0.4, 0.5) is 0 Å². The zero-order chi connectivity index (χ0) is 13.4. The Labute approximate surface area is 120 Å². The maximum atomic E-state index is 5.60. The third kappa shape index (κ3) is 2.02. The van der Waals surface area contributed by atoms with Gasteiger partial charge in [-0.05, 0) is 48.4 Å². The number of benzene rings is 1. The van der Waals surface area contributed by atoms with E-state index in [1.807, 2.05) is 6.07 Å². The molecule has 1 saturated carbocycles. The van der Waals surface area contributed by atoms with Crippen LogP contribution in [0, 0.1) is 5.92 Å². The third-order valence-electron chi connectivity index (χ3n) is 4.84. The minimum atomic E-state index is 0.820. The van der Waals surface area contributed by atoms with E-state index in [-0.39, 0.29) is 0 Å². The van der Waals surface area contributed by atoms with E-state index < -0.39 is 0 Å². The van der Waals surface area contributed by atoms with Crippen LogP contribution < -0.4 is 0 Å². The molecule has 1 fully saturated rings. The maximum Gasteiger partial charge on any atom is 0.134 e. The van der Waals surface area contributed by atoms with E-state index >= 15 is 0 Å². The lowest BCUT2D eigenvalue weighted by Crippen LogP contribution is -2.08. The van der Waals surface area contributed by atoms with Crippen molar-refractivity contribution < 1.29 is 4.42 Å². The highest BCUT2D eigenvalue weighted by Gasteiger charge is 2.24. The van der Waals surface area contributed by atoms with Crippen LogP contribution in [0.3, 0.4) is 0 Å². The molecule has 0 saturated heterocycles. The predicted octanol–water partition coefficient (Wildman–Crippen LogP) is 5.47. The summed E-state index contributed by atoms with van der Waals surface area (Å²) in [7, 11) is 0. The highest BCUT2D eigenvalue weighted by Crippen LogP contribution is 2.40. The van der Waals surface area contributed by atoms with Crippen LogP contribution >= 0.6 is 0 Å². The van der Waals surface area contributed by atoms with Crippen molar-refractivity contribution in [3.8, 4) is 11.3 Å². The molecule has 0 radical (unpaired) electrons. The zero-order valence-electron chi connectivity index (χ0n) is 11.8. The second-order valence-corrected chi connectivity index (χ2v) is 6.09. The molecule has 1 nitrogen and oxygen atoms in total. The molecule has 102 valence electrons. The molecule has 1 aromatic carbocycles. The molecule has 0 amide bonds. The fraction of sp³-hybridized carbons (Fsp3) is 0.368. The van der Waals surface area contributed by atoms with Gasteiger partial charge in [0.05, 0.1) is 6.26 Å². The van der Waals surface area contributed by atoms with Crippen LogP contribution in [-0.2, 0) is 6.42 Å². The van der Waals surface area contributed by atoms with E-state index in [0.29, 0.717) is 0 Å². The van der Waals surface area contributed by atoms with Gasteiger partial charge in [0, 0.05) is 5.56 Å². The van der Waals surface area contributed by atoms with Gasteiger partial charge < -0.3 is 4.42 Å². The van der Waals surface area contributed by atoms with Crippen molar-refractivity contribution in [2.24, 2.45) is 5.92 Å². The lowest BCUT2D eigenvalue weighted by atomic mass is 9.83. The molecule has 0 bridgehead atoms. The summed E-state index contributed by atoms with van der Waals surface area (Å²) >= 11 is 0. The van der Waals surface area contributed by atoms with Crippen LogP contribution in [0.25, 0.3) is 17.4 Å². The third-order valence-corrected chi connectivity index (χ3v) is 4.84. The monoisotopic (exact) mass is 264 g/mol. The number of hydrogen-bond donors (Lipinski definition) is 0. The highest BCUT2D eigenvalue weighted by atomic mass is 16.3. The average molecular weight is 264 g/mol. The Balaban J connectivity index is 1.71. The largest absolute Gasteiger partial charge is 0.464 e. The molecule has 2 aliphatic rings. The summed E-state index contributed by atoms with van der Waals surface area (Å²) in [6.07, 6.45) is 12.4. The van der Waals surface area contributed by atoms with Crippen LogP contribution in [-0.4, -0.2) is 0 Å². The van der Waals surface area contributed by atoms with Crippen molar-refractivity contribution in [2.45, 2.75) is 38.5 Å². The van der Waals surface area contributed by atoms with Gasteiger partial charge in [0.25, 0.3) is 0 Å². The molecular weight excluding hydrogens is 244 g/mol. The van der Waals surface area contributed by atoms with E-state index in [1.54, 1.807) is 11.8 Å². The lowest BCUT2D eigenvalue weighted by molar-refractivity contribution is 0.401. The number of allylic oxidation sites excluding steroid dienone is 1. The molecule has 0 aliphatic heterocycles. The van der Waals surface area contributed by atoms with Crippen molar-refractivity contribution in [2.75, 3.05) is 0 Å². The molecule has 0 atom stereocenters. The first kappa shape index (κ1) is 12.0. The molecule has 0 unspecified atom stereocenters. The van der Waals surface area contributed by atoms with Crippen LogP contribution in [0.1, 0.15) is 43.2 Å².